The Morgan fingerprint density at radius 1 is 1.50 bits per heavy atom. The molecule has 0 aromatic carbocycles. The van der Waals surface area contributed by atoms with Crippen LogP contribution in [0.15, 0.2) is 6.20 Å². The molecule has 98 valence electrons. The summed E-state index contributed by atoms with van der Waals surface area (Å²) in [7, 11) is 0. The van der Waals surface area contributed by atoms with E-state index in [4.69, 9.17) is 9.84 Å². The van der Waals surface area contributed by atoms with Crippen molar-refractivity contribution >= 4 is 5.97 Å². The molecule has 0 radical (unpaired) electrons. The normalized spacial score (nSPS) is 27.8. The van der Waals surface area contributed by atoms with Crippen LogP contribution in [-0.2, 0) is 22.5 Å². The number of nitrogens with zero attached hydrogens (tertiary/aromatic N) is 2. The van der Waals surface area contributed by atoms with Crippen molar-refractivity contribution in [3.05, 3.63) is 17.7 Å². The molecule has 1 fully saturated rings. The van der Waals surface area contributed by atoms with Gasteiger partial charge in [0, 0.05) is 31.7 Å². The maximum Gasteiger partial charge on any atom is 0.308 e. The Kier molecular flexibility index (Phi) is 3.07. The molecular weight excluding hydrogens is 232 g/mol. The summed E-state index contributed by atoms with van der Waals surface area (Å²) in [6, 6.07) is 0. The molecule has 2 unspecified atom stereocenters. The highest BCUT2D eigenvalue weighted by molar-refractivity contribution is 5.70. The number of fused-ring (bicyclic) bond motifs is 1. The van der Waals surface area contributed by atoms with E-state index in [9.17, 15) is 4.79 Å². The first-order valence-corrected chi connectivity index (χ1v) is 6.60. The van der Waals surface area contributed by atoms with E-state index in [2.05, 4.69) is 4.98 Å². The van der Waals surface area contributed by atoms with Gasteiger partial charge in [-0.2, -0.15) is 0 Å². The Hall–Kier alpha value is -1.36. The maximum atomic E-state index is 11.0. The SMILES string of the molecule is O=C(O)C1CCc2nc(C3CCCOC3)cn2C1. The van der Waals surface area contributed by atoms with Gasteiger partial charge in [0.15, 0.2) is 0 Å². The highest BCUT2D eigenvalue weighted by atomic mass is 16.5. The summed E-state index contributed by atoms with van der Waals surface area (Å²) in [5.41, 5.74) is 1.08. The second-order valence-corrected chi connectivity index (χ2v) is 5.22. The first-order chi connectivity index (χ1) is 8.74. The van der Waals surface area contributed by atoms with Gasteiger partial charge in [-0.05, 0) is 19.3 Å². The average molecular weight is 250 g/mol. The molecule has 1 N–H and O–H groups in total. The van der Waals surface area contributed by atoms with Gasteiger partial charge in [-0.3, -0.25) is 4.79 Å². The summed E-state index contributed by atoms with van der Waals surface area (Å²) in [4.78, 5) is 15.7. The summed E-state index contributed by atoms with van der Waals surface area (Å²) in [6.07, 6.45) is 5.71. The molecule has 0 amide bonds. The van der Waals surface area contributed by atoms with E-state index in [1.165, 1.54) is 0 Å². The van der Waals surface area contributed by atoms with E-state index in [-0.39, 0.29) is 5.92 Å². The van der Waals surface area contributed by atoms with Gasteiger partial charge < -0.3 is 14.4 Å². The van der Waals surface area contributed by atoms with Crippen molar-refractivity contribution in [2.45, 2.75) is 38.1 Å². The van der Waals surface area contributed by atoms with E-state index in [1.54, 1.807) is 0 Å². The van der Waals surface area contributed by atoms with Gasteiger partial charge >= 0.3 is 5.97 Å². The van der Waals surface area contributed by atoms with Crippen molar-refractivity contribution in [2.24, 2.45) is 5.92 Å². The topological polar surface area (TPSA) is 64.3 Å². The molecule has 3 rings (SSSR count). The summed E-state index contributed by atoms with van der Waals surface area (Å²) in [5.74, 6) is 0.465. The Balaban J connectivity index is 1.78. The zero-order chi connectivity index (χ0) is 12.5. The Bertz CT molecular complexity index is 449. The van der Waals surface area contributed by atoms with Gasteiger partial charge in [-0.25, -0.2) is 4.98 Å². The van der Waals surface area contributed by atoms with Crippen LogP contribution in [0.25, 0.3) is 0 Å². The average Bonchev–Trinajstić information content (AvgIpc) is 2.82. The van der Waals surface area contributed by atoms with Crippen molar-refractivity contribution in [1.29, 1.82) is 0 Å². The minimum atomic E-state index is -0.697. The zero-order valence-corrected chi connectivity index (χ0v) is 10.3. The third kappa shape index (κ3) is 2.14. The molecule has 5 heteroatoms. The minimum absolute atomic E-state index is 0.262. The lowest BCUT2D eigenvalue weighted by atomic mass is 9.99. The summed E-state index contributed by atoms with van der Waals surface area (Å²) in [6.45, 7) is 2.16. The summed E-state index contributed by atoms with van der Waals surface area (Å²) in [5, 5.41) is 9.07. The van der Waals surface area contributed by atoms with Crippen LogP contribution in [0.1, 0.15) is 36.7 Å². The van der Waals surface area contributed by atoms with Crippen LogP contribution in [0.5, 0.6) is 0 Å². The fourth-order valence-corrected chi connectivity index (χ4v) is 2.84. The van der Waals surface area contributed by atoms with Gasteiger partial charge in [-0.1, -0.05) is 0 Å². The number of carbonyl (C=O) groups is 1. The molecule has 18 heavy (non-hydrogen) atoms. The highest BCUT2D eigenvalue weighted by Gasteiger charge is 2.27. The third-order valence-electron chi connectivity index (χ3n) is 3.94. The van der Waals surface area contributed by atoms with E-state index in [0.717, 1.165) is 44.0 Å². The molecule has 0 bridgehead atoms. The second-order valence-electron chi connectivity index (χ2n) is 5.22. The number of hydrogen-bond donors (Lipinski definition) is 1. The minimum Gasteiger partial charge on any atom is -0.481 e. The van der Waals surface area contributed by atoms with Crippen molar-refractivity contribution in [1.82, 2.24) is 9.55 Å². The molecule has 5 nitrogen and oxygen atoms in total. The van der Waals surface area contributed by atoms with Crippen LogP contribution in [0.3, 0.4) is 0 Å². The third-order valence-corrected chi connectivity index (χ3v) is 3.94. The zero-order valence-electron chi connectivity index (χ0n) is 10.3. The van der Waals surface area contributed by atoms with Crippen LogP contribution < -0.4 is 0 Å². The number of hydrogen-bond acceptors (Lipinski definition) is 3. The lowest BCUT2D eigenvalue weighted by molar-refractivity contribution is -0.142. The molecule has 2 aliphatic rings. The number of aromatic nitrogens is 2. The smallest absolute Gasteiger partial charge is 0.308 e. The molecule has 1 aromatic rings. The molecule has 2 aliphatic heterocycles. The number of aryl methyl sites for hydroxylation is 1. The molecular formula is C13H18N2O3. The monoisotopic (exact) mass is 250 g/mol. The van der Waals surface area contributed by atoms with Crippen molar-refractivity contribution in [3.8, 4) is 0 Å². The summed E-state index contributed by atoms with van der Waals surface area (Å²) >= 11 is 0. The van der Waals surface area contributed by atoms with E-state index >= 15 is 0 Å². The number of ether oxygens (including phenoxy) is 1. The van der Waals surface area contributed by atoms with Crippen molar-refractivity contribution < 1.29 is 14.6 Å². The highest BCUT2D eigenvalue weighted by Crippen LogP contribution is 2.27. The summed E-state index contributed by atoms with van der Waals surface area (Å²) < 4.78 is 7.50. The van der Waals surface area contributed by atoms with E-state index in [0.29, 0.717) is 18.9 Å². The fraction of sp³-hybridized carbons (Fsp3) is 0.692. The lowest BCUT2D eigenvalue weighted by Crippen LogP contribution is -2.26. The molecule has 1 saturated heterocycles. The number of carboxylic acids is 1. The Morgan fingerprint density at radius 3 is 3.11 bits per heavy atom. The van der Waals surface area contributed by atoms with Crippen molar-refractivity contribution in [3.63, 3.8) is 0 Å². The number of rotatable bonds is 2. The molecule has 0 spiro atoms. The Labute approximate surface area is 106 Å². The first-order valence-electron chi connectivity index (χ1n) is 6.60. The largest absolute Gasteiger partial charge is 0.481 e. The lowest BCUT2D eigenvalue weighted by Gasteiger charge is -2.20. The van der Waals surface area contributed by atoms with E-state index < -0.39 is 5.97 Å². The molecule has 0 aliphatic carbocycles. The van der Waals surface area contributed by atoms with Crippen LogP contribution in [0.4, 0.5) is 0 Å². The predicted molar refractivity (Wildman–Crippen MR) is 64.5 cm³/mol. The van der Waals surface area contributed by atoms with E-state index in [1.807, 2.05) is 10.8 Å². The second kappa shape index (κ2) is 4.72. The number of carboxylic acid groups (broad SMARTS) is 1. The van der Waals surface area contributed by atoms with Crippen LogP contribution >= 0.6 is 0 Å². The molecule has 1 aromatic heterocycles. The van der Waals surface area contributed by atoms with Gasteiger partial charge in [-0.15, -0.1) is 0 Å². The van der Waals surface area contributed by atoms with Gasteiger partial charge in [0.1, 0.15) is 5.82 Å². The first kappa shape index (κ1) is 11.7. The van der Waals surface area contributed by atoms with Crippen LogP contribution in [0.2, 0.25) is 0 Å². The standard InChI is InChI=1S/C13H18N2O3/c16-13(17)9-3-4-12-14-11(7-15(12)6-9)10-2-1-5-18-8-10/h7,9-10H,1-6,8H2,(H,16,17). The maximum absolute atomic E-state index is 11.0. The van der Waals surface area contributed by atoms with Gasteiger partial charge in [0.05, 0.1) is 18.2 Å². The number of imidazole rings is 1. The number of aliphatic carboxylic acids is 1. The van der Waals surface area contributed by atoms with Crippen molar-refractivity contribution in [2.75, 3.05) is 13.2 Å². The predicted octanol–water partition coefficient (Wildman–Crippen LogP) is 1.42. The van der Waals surface area contributed by atoms with Gasteiger partial charge in [0.25, 0.3) is 0 Å². The molecule has 0 saturated carbocycles. The fourth-order valence-electron chi connectivity index (χ4n) is 2.84. The van der Waals surface area contributed by atoms with Crippen LogP contribution in [-0.4, -0.2) is 33.8 Å². The quantitative estimate of drug-likeness (QED) is 0.862. The molecule has 3 heterocycles. The molecule has 2 atom stereocenters. The Morgan fingerprint density at radius 2 is 2.39 bits per heavy atom. The van der Waals surface area contributed by atoms with Crippen LogP contribution in [0, 0.1) is 5.92 Å². The van der Waals surface area contributed by atoms with Gasteiger partial charge in [0.2, 0.25) is 0 Å².